The second-order valence-corrected chi connectivity index (χ2v) is 6.21. The molecule has 2 atom stereocenters. The standard InChI is InChI=1S/C11H15NO4S/c1-8-2-4-9(5-3-8)17(15,16)12-6-10(13)11(14)7-12/h2-5,10-11,13-14H,6-7H2,1H3/t10-,11+. The average molecular weight is 257 g/mol. The lowest BCUT2D eigenvalue weighted by atomic mass is 10.2. The van der Waals surface area contributed by atoms with E-state index in [1.54, 1.807) is 12.1 Å². The topological polar surface area (TPSA) is 77.8 Å². The zero-order valence-corrected chi connectivity index (χ0v) is 10.3. The Morgan fingerprint density at radius 1 is 1.12 bits per heavy atom. The molecular formula is C11H15NO4S. The number of nitrogens with zero attached hydrogens (tertiary/aromatic N) is 1. The fourth-order valence-electron chi connectivity index (χ4n) is 1.79. The van der Waals surface area contributed by atoms with Crippen molar-refractivity contribution in [2.45, 2.75) is 24.0 Å². The summed E-state index contributed by atoms with van der Waals surface area (Å²) in [6.07, 6.45) is -2.01. The van der Waals surface area contributed by atoms with Crippen LogP contribution in [0.3, 0.4) is 0 Å². The highest BCUT2D eigenvalue weighted by atomic mass is 32.2. The van der Waals surface area contributed by atoms with Gasteiger partial charge in [-0.05, 0) is 19.1 Å². The van der Waals surface area contributed by atoms with Crippen LogP contribution in [0, 0.1) is 6.92 Å². The zero-order chi connectivity index (χ0) is 12.6. The Bertz CT molecular complexity index is 487. The minimum Gasteiger partial charge on any atom is -0.389 e. The number of β-amino-alcohol motifs (C(OH)–C–C–N with tert-alkyl or cyclic N) is 2. The van der Waals surface area contributed by atoms with Crippen molar-refractivity contribution < 1.29 is 18.6 Å². The van der Waals surface area contributed by atoms with Crippen molar-refractivity contribution in [2.24, 2.45) is 0 Å². The maximum atomic E-state index is 12.1. The third-order valence-electron chi connectivity index (χ3n) is 2.88. The van der Waals surface area contributed by atoms with Gasteiger partial charge >= 0.3 is 0 Å². The van der Waals surface area contributed by atoms with Crippen molar-refractivity contribution in [2.75, 3.05) is 13.1 Å². The van der Waals surface area contributed by atoms with Gasteiger partial charge in [-0.25, -0.2) is 8.42 Å². The number of aryl methyl sites for hydroxylation is 1. The molecule has 0 aliphatic carbocycles. The number of aliphatic hydroxyl groups excluding tert-OH is 2. The van der Waals surface area contributed by atoms with E-state index in [0.717, 1.165) is 9.87 Å². The van der Waals surface area contributed by atoms with Gasteiger partial charge in [0.15, 0.2) is 0 Å². The number of benzene rings is 1. The Labute approximate surface area is 100 Å². The van der Waals surface area contributed by atoms with Crippen molar-refractivity contribution >= 4 is 10.0 Å². The summed E-state index contributed by atoms with van der Waals surface area (Å²) >= 11 is 0. The predicted octanol–water partition coefficient (Wildman–Crippen LogP) is -0.279. The molecule has 0 saturated carbocycles. The van der Waals surface area contributed by atoms with E-state index in [9.17, 15) is 18.6 Å². The molecule has 1 fully saturated rings. The molecule has 0 amide bonds. The van der Waals surface area contributed by atoms with Crippen molar-refractivity contribution in [1.82, 2.24) is 4.31 Å². The summed E-state index contributed by atoms with van der Waals surface area (Å²) in [5, 5.41) is 18.7. The Morgan fingerprint density at radius 2 is 1.59 bits per heavy atom. The van der Waals surface area contributed by atoms with E-state index in [0.29, 0.717) is 0 Å². The van der Waals surface area contributed by atoms with Gasteiger partial charge < -0.3 is 10.2 Å². The van der Waals surface area contributed by atoms with Crippen LogP contribution in [-0.4, -0.2) is 48.2 Å². The van der Waals surface area contributed by atoms with Crippen LogP contribution in [0.15, 0.2) is 29.2 Å². The molecule has 0 bridgehead atoms. The van der Waals surface area contributed by atoms with E-state index in [-0.39, 0.29) is 18.0 Å². The fraction of sp³-hybridized carbons (Fsp3) is 0.455. The first kappa shape index (κ1) is 12.5. The molecule has 0 unspecified atom stereocenters. The van der Waals surface area contributed by atoms with Gasteiger partial charge in [-0.1, -0.05) is 17.7 Å². The monoisotopic (exact) mass is 257 g/mol. The van der Waals surface area contributed by atoms with E-state index in [2.05, 4.69) is 0 Å². The van der Waals surface area contributed by atoms with E-state index in [1.807, 2.05) is 6.92 Å². The average Bonchev–Trinajstić information content (AvgIpc) is 2.60. The molecule has 2 rings (SSSR count). The second kappa shape index (κ2) is 4.38. The minimum absolute atomic E-state index is 0.0582. The third kappa shape index (κ3) is 2.35. The van der Waals surface area contributed by atoms with Gasteiger partial charge in [0.1, 0.15) is 0 Å². The lowest BCUT2D eigenvalue weighted by Crippen LogP contribution is -2.29. The molecule has 1 heterocycles. The van der Waals surface area contributed by atoms with Crippen molar-refractivity contribution in [3.05, 3.63) is 29.8 Å². The molecule has 1 saturated heterocycles. The minimum atomic E-state index is -3.61. The number of rotatable bonds is 2. The molecular weight excluding hydrogens is 242 g/mol. The van der Waals surface area contributed by atoms with Gasteiger partial charge in [-0.3, -0.25) is 0 Å². The van der Waals surface area contributed by atoms with E-state index >= 15 is 0 Å². The van der Waals surface area contributed by atoms with E-state index in [4.69, 9.17) is 0 Å². The molecule has 94 valence electrons. The van der Waals surface area contributed by atoms with Crippen LogP contribution >= 0.6 is 0 Å². The molecule has 1 aromatic carbocycles. The molecule has 1 aliphatic rings. The summed E-state index contributed by atoms with van der Waals surface area (Å²) in [6.45, 7) is 1.76. The SMILES string of the molecule is Cc1ccc(S(=O)(=O)N2C[C@@H](O)[C@@H](O)C2)cc1. The molecule has 0 radical (unpaired) electrons. The second-order valence-electron chi connectivity index (χ2n) is 4.27. The maximum Gasteiger partial charge on any atom is 0.243 e. The lowest BCUT2D eigenvalue weighted by Gasteiger charge is -2.15. The number of sulfonamides is 1. The van der Waals surface area contributed by atoms with Gasteiger partial charge in [0.25, 0.3) is 0 Å². The zero-order valence-electron chi connectivity index (χ0n) is 9.44. The highest BCUT2D eigenvalue weighted by molar-refractivity contribution is 7.89. The normalized spacial score (nSPS) is 26.3. The van der Waals surface area contributed by atoms with Gasteiger partial charge in [0.05, 0.1) is 17.1 Å². The van der Waals surface area contributed by atoms with Crippen LogP contribution in [0.4, 0.5) is 0 Å². The van der Waals surface area contributed by atoms with Gasteiger partial charge in [0, 0.05) is 13.1 Å². The van der Waals surface area contributed by atoms with Crippen molar-refractivity contribution in [3.63, 3.8) is 0 Å². The summed E-state index contributed by atoms with van der Waals surface area (Å²) < 4.78 is 25.4. The van der Waals surface area contributed by atoms with Crippen molar-refractivity contribution in [3.8, 4) is 0 Å². The number of aliphatic hydroxyl groups is 2. The van der Waals surface area contributed by atoms with E-state index in [1.165, 1.54) is 12.1 Å². The smallest absolute Gasteiger partial charge is 0.243 e. The Balaban J connectivity index is 2.28. The molecule has 0 aromatic heterocycles. The van der Waals surface area contributed by atoms with Crippen LogP contribution in [0.25, 0.3) is 0 Å². The first-order chi connectivity index (χ1) is 7.91. The predicted molar refractivity (Wildman–Crippen MR) is 62.0 cm³/mol. The van der Waals surface area contributed by atoms with Crippen LogP contribution in [0.5, 0.6) is 0 Å². The Kier molecular flexibility index (Phi) is 3.22. The summed E-state index contributed by atoms with van der Waals surface area (Å²) in [5.74, 6) is 0. The number of hydrogen-bond donors (Lipinski definition) is 2. The van der Waals surface area contributed by atoms with Gasteiger partial charge in [0.2, 0.25) is 10.0 Å². The molecule has 6 heteroatoms. The fourth-order valence-corrected chi connectivity index (χ4v) is 3.27. The summed E-state index contributed by atoms with van der Waals surface area (Å²) in [7, 11) is -3.61. The third-order valence-corrected chi connectivity index (χ3v) is 4.73. The molecule has 17 heavy (non-hydrogen) atoms. The number of hydrogen-bond acceptors (Lipinski definition) is 4. The molecule has 1 aliphatic heterocycles. The first-order valence-electron chi connectivity index (χ1n) is 5.34. The lowest BCUT2D eigenvalue weighted by molar-refractivity contribution is 0.0572. The van der Waals surface area contributed by atoms with Crippen LogP contribution in [0.1, 0.15) is 5.56 Å². The van der Waals surface area contributed by atoms with Crippen LogP contribution < -0.4 is 0 Å². The largest absolute Gasteiger partial charge is 0.389 e. The molecule has 0 spiro atoms. The Hall–Kier alpha value is -0.950. The van der Waals surface area contributed by atoms with Crippen LogP contribution in [0.2, 0.25) is 0 Å². The Morgan fingerprint density at radius 3 is 2.06 bits per heavy atom. The van der Waals surface area contributed by atoms with Crippen molar-refractivity contribution in [1.29, 1.82) is 0 Å². The van der Waals surface area contributed by atoms with Gasteiger partial charge in [-0.2, -0.15) is 4.31 Å². The van der Waals surface area contributed by atoms with E-state index < -0.39 is 22.2 Å². The highest BCUT2D eigenvalue weighted by Crippen LogP contribution is 2.21. The summed E-state index contributed by atoms with van der Waals surface area (Å²) in [5.41, 5.74) is 0.977. The van der Waals surface area contributed by atoms with Crippen LogP contribution in [-0.2, 0) is 10.0 Å². The molecule has 2 N–H and O–H groups in total. The summed E-state index contributed by atoms with van der Waals surface area (Å²) in [6, 6.07) is 6.50. The summed E-state index contributed by atoms with van der Waals surface area (Å²) in [4.78, 5) is 0.185. The highest BCUT2D eigenvalue weighted by Gasteiger charge is 2.37. The van der Waals surface area contributed by atoms with Gasteiger partial charge in [-0.15, -0.1) is 0 Å². The maximum absolute atomic E-state index is 12.1. The quantitative estimate of drug-likeness (QED) is 0.764. The molecule has 5 nitrogen and oxygen atoms in total. The first-order valence-corrected chi connectivity index (χ1v) is 6.78. The molecule has 1 aromatic rings.